The Bertz CT molecular complexity index is 688. The van der Waals surface area contributed by atoms with Gasteiger partial charge < -0.3 is 10.1 Å². The molecular formula is C17H16ClF3N2O. The molecule has 0 saturated carbocycles. The third kappa shape index (κ3) is 3.82. The van der Waals surface area contributed by atoms with Gasteiger partial charge in [-0.3, -0.25) is 0 Å². The van der Waals surface area contributed by atoms with Crippen LogP contribution in [0.4, 0.5) is 13.2 Å². The van der Waals surface area contributed by atoms with E-state index >= 15 is 0 Å². The highest BCUT2D eigenvalue weighted by Crippen LogP contribution is 2.37. The number of aromatic nitrogens is 1. The number of nitrogens with zero attached hydrogens (tertiary/aromatic N) is 1. The van der Waals surface area contributed by atoms with Gasteiger partial charge in [0.2, 0.25) is 5.88 Å². The van der Waals surface area contributed by atoms with Crippen LogP contribution in [0, 0.1) is 5.92 Å². The minimum atomic E-state index is -4.48. The number of alkyl halides is 3. The zero-order valence-electron chi connectivity index (χ0n) is 12.7. The van der Waals surface area contributed by atoms with E-state index in [1.807, 2.05) is 30.3 Å². The summed E-state index contributed by atoms with van der Waals surface area (Å²) in [6.45, 7) is 1.66. The van der Waals surface area contributed by atoms with Gasteiger partial charge in [-0.15, -0.1) is 0 Å². The van der Waals surface area contributed by atoms with Crippen LogP contribution in [-0.2, 0) is 6.18 Å². The van der Waals surface area contributed by atoms with Crippen LogP contribution in [0.15, 0.2) is 42.6 Å². The number of nitrogens with one attached hydrogen (secondary N) is 1. The van der Waals surface area contributed by atoms with Crippen LogP contribution in [0.3, 0.4) is 0 Å². The molecule has 1 N–H and O–H groups in total. The van der Waals surface area contributed by atoms with E-state index in [-0.39, 0.29) is 22.9 Å². The Morgan fingerprint density at radius 2 is 2.00 bits per heavy atom. The van der Waals surface area contributed by atoms with Gasteiger partial charge in [0.15, 0.2) is 0 Å². The summed E-state index contributed by atoms with van der Waals surface area (Å²) in [6.07, 6.45) is -3.14. The number of hydrogen-bond acceptors (Lipinski definition) is 3. The van der Waals surface area contributed by atoms with E-state index in [9.17, 15) is 13.2 Å². The van der Waals surface area contributed by atoms with E-state index in [1.165, 1.54) is 0 Å². The summed E-state index contributed by atoms with van der Waals surface area (Å²) in [5, 5.41) is 3.13. The summed E-state index contributed by atoms with van der Waals surface area (Å²) in [7, 11) is 0. The molecule has 0 radical (unpaired) electrons. The fraction of sp³-hybridized carbons (Fsp3) is 0.353. The number of ether oxygens (including phenoxy) is 1. The minimum Gasteiger partial charge on any atom is -0.468 e. The molecule has 128 valence electrons. The molecule has 1 aliphatic heterocycles. The normalized spacial score (nSPS) is 19.2. The number of pyridine rings is 1. The predicted molar refractivity (Wildman–Crippen MR) is 85.0 cm³/mol. The van der Waals surface area contributed by atoms with Crippen LogP contribution in [0.25, 0.3) is 0 Å². The number of halogens is 4. The van der Waals surface area contributed by atoms with Gasteiger partial charge >= 0.3 is 6.18 Å². The fourth-order valence-corrected chi connectivity index (χ4v) is 3.01. The van der Waals surface area contributed by atoms with Crippen molar-refractivity contribution in [3.05, 3.63) is 58.7 Å². The molecule has 2 heterocycles. The summed E-state index contributed by atoms with van der Waals surface area (Å²) in [5.41, 5.74) is 0.0580. The number of rotatable bonds is 4. The lowest BCUT2D eigenvalue weighted by Crippen LogP contribution is -2.22. The largest absolute Gasteiger partial charge is 0.468 e. The summed E-state index contributed by atoms with van der Waals surface area (Å²) >= 11 is 5.97. The van der Waals surface area contributed by atoms with Crippen molar-refractivity contribution in [1.29, 1.82) is 0 Å². The maximum atomic E-state index is 12.7. The lowest BCUT2D eigenvalue weighted by atomic mass is 9.95. The molecule has 7 heteroatoms. The smallest absolute Gasteiger partial charge is 0.417 e. The molecule has 1 fully saturated rings. The molecule has 0 unspecified atom stereocenters. The average molecular weight is 357 g/mol. The standard InChI is InChI=1S/C17H16ClF3N2O/c18-14-8-13(17(19,20)21)10-23-16(14)24-15(12-6-7-22-9-12)11-4-2-1-3-5-11/h1-5,8,10,12,15,22H,6-7,9H2/t12-,15-/m0/s1. The summed E-state index contributed by atoms with van der Waals surface area (Å²) in [6, 6.07) is 10.4. The fourth-order valence-electron chi connectivity index (χ4n) is 2.80. The summed E-state index contributed by atoms with van der Waals surface area (Å²) in [5.74, 6) is 0.220. The van der Waals surface area contributed by atoms with Crippen molar-refractivity contribution in [1.82, 2.24) is 10.3 Å². The van der Waals surface area contributed by atoms with Gasteiger partial charge in [-0.2, -0.15) is 13.2 Å². The Morgan fingerprint density at radius 1 is 1.25 bits per heavy atom. The highest BCUT2D eigenvalue weighted by Gasteiger charge is 2.33. The lowest BCUT2D eigenvalue weighted by molar-refractivity contribution is -0.137. The Balaban J connectivity index is 1.88. The van der Waals surface area contributed by atoms with Crippen molar-refractivity contribution >= 4 is 11.6 Å². The van der Waals surface area contributed by atoms with Crippen LogP contribution in [0.2, 0.25) is 5.02 Å². The highest BCUT2D eigenvalue weighted by atomic mass is 35.5. The van der Waals surface area contributed by atoms with Gasteiger partial charge in [-0.25, -0.2) is 4.98 Å². The molecule has 24 heavy (non-hydrogen) atoms. The van der Waals surface area contributed by atoms with Crippen LogP contribution in [-0.4, -0.2) is 18.1 Å². The first-order valence-electron chi connectivity index (χ1n) is 7.60. The van der Waals surface area contributed by atoms with Crippen molar-refractivity contribution in [2.75, 3.05) is 13.1 Å². The Labute approximate surface area is 142 Å². The van der Waals surface area contributed by atoms with E-state index in [0.717, 1.165) is 37.3 Å². The van der Waals surface area contributed by atoms with Gasteiger partial charge in [0.1, 0.15) is 11.1 Å². The topological polar surface area (TPSA) is 34.1 Å². The van der Waals surface area contributed by atoms with Crippen LogP contribution < -0.4 is 10.1 Å². The molecule has 2 atom stereocenters. The average Bonchev–Trinajstić information content (AvgIpc) is 3.08. The van der Waals surface area contributed by atoms with Gasteiger partial charge in [-0.1, -0.05) is 41.9 Å². The quantitative estimate of drug-likeness (QED) is 0.876. The number of benzene rings is 1. The summed E-state index contributed by atoms with van der Waals surface area (Å²) < 4.78 is 44.1. The molecule has 0 spiro atoms. The van der Waals surface area contributed by atoms with Crippen LogP contribution in [0.1, 0.15) is 23.7 Å². The SMILES string of the molecule is FC(F)(F)c1cnc(O[C@@H](c2ccccc2)[C@H]2CCNC2)c(Cl)c1. The Kier molecular flexibility index (Phi) is 4.96. The third-order valence-corrected chi connectivity index (χ3v) is 4.30. The maximum Gasteiger partial charge on any atom is 0.417 e. The van der Waals surface area contributed by atoms with Crippen molar-refractivity contribution in [3.63, 3.8) is 0 Å². The first-order chi connectivity index (χ1) is 11.4. The molecule has 3 rings (SSSR count). The molecule has 0 aliphatic carbocycles. The predicted octanol–water partition coefficient (Wildman–Crippen LogP) is 4.48. The molecular weight excluding hydrogens is 341 g/mol. The van der Waals surface area contributed by atoms with Crippen LogP contribution >= 0.6 is 11.6 Å². The molecule has 2 aromatic rings. The van der Waals surface area contributed by atoms with Crippen molar-refractivity contribution in [3.8, 4) is 5.88 Å². The van der Waals surface area contributed by atoms with Gasteiger partial charge in [0.05, 0.1) is 5.56 Å². The zero-order valence-corrected chi connectivity index (χ0v) is 13.4. The molecule has 3 nitrogen and oxygen atoms in total. The number of hydrogen-bond donors (Lipinski definition) is 1. The second kappa shape index (κ2) is 6.99. The third-order valence-electron chi connectivity index (χ3n) is 4.03. The Morgan fingerprint density at radius 3 is 2.58 bits per heavy atom. The van der Waals surface area contributed by atoms with Gasteiger partial charge in [0.25, 0.3) is 0 Å². The van der Waals surface area contributed by atoms with Gasteiger partial charge in [-0.05, 0) is 24.6 Å². The van der Waals surface area contributed by atoms with Crippen molar-refractivity contribution in [2.24, 2.45) is 5.92 Å². The van der Waals surface area contributed by atoms with Crippen LogP contribution in [0.5, 0.6) is 5.88 Å². The van der Waals surface area contributed by atoms with E-state index in [4.69, 9.17) is 16.3 Å². The molecule has 0 amide bonds. The zero-order chi connectivity index (χ0) is 17.2. The molecule has 0 bridgehead atoms. The molecule has 1 aliphatic rings. The van der Waals surface area contributed by atoms with E-state index < -0.39 is 11.7 Å². The minimum absolute atomic E-state index is 0.0189. The summed E-state index contributed by atoms with van der Waals surface area (Å²) in [4.78, 5) is 3.79. The van der Waals surface area contributed by atoms with Crippen molar-refractivity contribution < 1.29 is 17.9 Å². The Hall–Kier alpha value is -1.79. The highest BCUT2D eigenvalue weighted by molar-refractivity contribution is 6.31. The van der Waals surface area contributed by atoms with Crippen molar-refractivity contribution in [2.45, 2.75) is 18.7 Å². The second-order valence-corrected chi connectivity index (χ2v) is 6.12. The second-order valence-electron chi connectivity index (χ2n) is 5.71. The first kappa shape index (κ1) is 17.0. The van der Waals surface area contributed by atoms with Gasteiger partial charge in [0, 0.05) is 18.7 Å². The monoisotopic (exact) mass is 356 g/mol. The van der Waals surface area contributed by atoms with E-state index in [0.29, 0.717) is 0 Å². The lowest BCUT2D eigenvalue weighted by Gasteiger charge is -2.25. The molecule has 1 aromatic carbocycles. The van der Waals surface area contributed by atoms with E-state index in [2.05, 4.69) is 10.3 Å². The molecule has 1 aromatic heterocycles. The maximum absolute atomic E-state index is 12.7. The first-order valence-corrected chi connectivity index (χ1v) is 7.98. The molecule has 1 saturated heterocycles. The van der Waals surface area contributed by atoms with E-state index in [1.54, 1.807) is 0 Å².